The number of aryl methyl sites for hydroxylation is 1. The number of hydrogen-bond acceptors (Lipinski definition) is 2. The molecular weight excluding hydrogens is 260 g/mol. The maximum absolute atomic E-state index is 12.1. The molecule has 3 rings (SSSR count). The number of rotatable bonds is 4. The molecule has 0 amide bonds. The van der Waals surface area contributed by atoms with E-state index in [2.05, 4.69) is 12.1 Å². The number of ether oxygens (including phenoxy) is 1. The third kappa shape index (κ3) is 2.89. The number of benzene rings is 2. The van der Waals surface area contributed by atoms with Crippen molar-refractivity contribution in [2.24, 2.45) is 0 Å². The standard InChI is InChI=1S/C19H18O2/c1-19(17-10-6-3-7-11-17)14-16(18(20)21-19)13-12-15-8-4-2-5-9-15/h2-11,14H,12-13H2,1H3/t19-/m1/s1. The van der Waals surface area contributed by atoms with Crippen molar-refractivity contribution in [1.29, 1.82) is 0 Å². The Kier molecular flexibility index (Phi) is 3.61. The van der Waals surface area contributed by atoms with Crippen LogP contribution in [0.3, 0.4) is 0 Å². The third-order valence-corrected chi connectivity index (χ3v) is 3.89. The molecule has 106 valence electrons. The number of carbonyl (C=O) groups is 1. The van der Waals surface area contributed by atoms with Gasteiger partial charge in [0.2, 0.25) is 0 Å². The zero-order valence-corrected chi connectivity index (χ0v) is 12.1. The van der Waals surface area contributed by atoms with Gasteiger partial charge in [0.05, 0.1) is 0 Å². The molecule has 2 aromatic rings. The van der Waals surface area contributed by atoms with Gasteiger partial charge >= 0.3 is 5.97 Å². The van der Waals surface area contributed by atoms with E-state index < -0.39 is 5.60 Å². The lowest BCUT2D eigenvalue weighted by molar-refractivity contribution is -0.146. The van der Waals surface area contributed by atoms with E-state index in [0.29, 0.717) is 6.42 Å². The summed E-state index contributed by atoms with van der Waals surface area (Å²) >= 11 is 0. The van der Waals surface area contributed by atoms with Crippen LogP contribution in [0, 0.1) is 0 Å². The molecular formula is C19H18O2. The van der Waals surface area contributed by atoms with Crippen molar-refractivity contribution in [3.05, 3.63) is 83.4 Å². The van der Waals surface area contributed by atoms with Gasteiger partial charge in [-0.25, -0.2) is 4.79 Å². The first-order chi connectivity index (χ1) is 10.2. The summed E-state index contributed by atoms with van der Waals surface area (Å²) in [6, 6.07) is 20.1. The summed E-state index contributed by atoms with van der Waals surface area (Å²) in [4.78, 5) is 12.1. The van der Waals surface area contributed by atoms with Gasteiger partial charge < -0.3 is 4.74 Å². The van der Waals surface area contributed by atoms with Gasteiger partial charge in [0.15, 0.2) is 5.60 Å². The van der Waals surface area contributed by atoms with Gasteiger partial charge in [-0.15, -0.1) is 0 Å². The van der Waals surface area contributed by atoms with Gasteiger partial charge in [-0.05, 0) is 37.0 Å². The SMILES string of the molecule is C[C@]1(c2ccccc2)C=C(CCc2ccccc2)C(=O)O1. The summed E-state index contributed by atoms with van der Waals surface area (Å²) in [7, 11) is 0. The maximum Gasteiger partial charge on any atom is 0.335 e. The second-order valence-corrected chi connectivity index (χ2v) is 5.52. The van der Waals surface area contributed by atoms with Gasteiger partial charge in [-0.3, -0.25) is 0 Å². The highest BCUT2D eigenvalue weighted by molar-refractivity contribution is 5.91. The minimum absolute atomic E-state index is 0.197. The number of carbonyl (C=O) groups excluding carboxylic acids is 1. The molecule has 0 spiro atoms. The lowest BCUT2D eigenvalue weighted by Crippen LogP contribution is -2.20. The molecule has 0 N–H and O–H groups in total. The highest BCUT2D eigenvalue weighted by Gasteiger charge is 2.36. The average Bonchev–Trinajstić information content (AvgIpc) is 2.83. The molecule has 1 atom stereocenters. The Morgan fingerprint density at radius 2 is 1.52 bits per heavy atom. The van der Waals surface area contributed by atoms with Crippen LogP contribution in [0.4, 0.5) is 0 Å². The van der Waals surface area contributed by atoms with E-state index in [1.807, 2.05) is 61.5 Å². The fraction of sp³-hybridized carbons (Fsp3) is 0.211. The van der Waals surface area contributed by atoms with E-state index in [9.17, 15) is 4.79 Å². The first kappa shape index (κ1) is 13.6. The van der Waals surface area contributed by atoms with Crippen LogP contribution in [0.5, 0.6) is 0 Å². The first-order valence-electron chi connectivity index (χ1n) is 7.22. The second-order valence-electron chi connectivity index (χ2n) is 5.52. The molecule has 0 aromatic heterocycles. The lowest BCUT2D eigenvalue weighted by atomic mass is 9.94. The van der Waals surface area contributed by atoms with E-state index in [4.69, 9.17) is 4.74 Å². The zero-order chi connectivity index (χ0) is 14.7. The Labute approximate surface area is 125 Å². The Bertz CT molecular complexity index is 658. The highest BCUT2D eigenvalue weighted by atomic mass is 16.6. The van der Waals surface area contributed by atoms with E-state index in [-0.39, 0.29) is 5.97 Å². The van der Waals surface area contributed by atoms with Gasteiger partial charge in [0, 0.05) is 5.57 Å². The van der Waals surface area contributed by atoms with Crippen LogP contribution in [0.15, 0.2) is 72.3 Å². The molecule has 1 heterocycles. The fourth-order valence-electron chi connectivity index (χ4n) is 2.69. The number of cyclic esters (lactones) is 1. The van der Waals surface area contributed by atoms with E-state index in [1.165, 1.54) is 5.56 Å². The molecule has 1 aliphatic rings. The van der Waals surface area contributed by atoms with E-state index >= 15 is 0 Å². The smallest absolute Gasteiger partial charge is 0.335 e. The molecule has 1 aliphatic heterocycles. The van der Waals surface area contributed by atoms with Crippen LogP contribution in [0.1, 0.15) is 24.5 Å². The summed E-state index contributed by atoms with van der Waals surface area (Å²) in [6.07, 6.45) is 3.53. The first-order valence-corrected chi connectivity index (χ1v) is 7.22. The van der Waals surface area contributed by atoms with Crippen LogP contribution in [0.25, 0.3) is 0 Å². The van der Waals surface area contributed by atoms with Crippen LogP contribution < -0.4 is 0 Å². The van der Waals surface area contributed by atoms with Crippen molar-refractivity contribution in [1.82, 2.24) is 0 Å². The third-order valence-electron chi connectivity index (χ3n) is 3.89. The molecule has 2 aromatic carbocycles. The van der Waals surface area contributed by atoms with Crippen LogP contribution in [-0.2, 0) is 21.6 Å². The molecule has 0 saturated carbocycles. The monoisotopic (exact) mass is 278 g/mol. The van der Waals surface area contributed by atoms with Gasteiger partial charge in [-0.2, -0.15) is 0 Å². The highest BCUT2D eigenvalue weighted by Crippen LogP contribution is 2.35. The molecule has 0 fully saturated rings. The fourth-order valence-corrected chi connectivity index (χ4v) is 2.69. The largest absolute Gasteiger partial charge is 0.447 e. The normalized spacial score (nSPS) is 21.0. The average molecular weight is 278 g/mol. The van der Waals surface area contributed by atoms with Crippen molar-refractivity contribution in [3.8, 4) is 0 Å². The minimum Gasteiger partial charge on any atom is -0.447 e. The molecule has 0 bridgehead atoms. The number of hydrogen-bond donors (Lipinski definition) is 0. The van der Waals surface area contributed by atoms with Crippen LogP contribution in [0.2, 0.25) is 0 Å². The summed E-state index contributed by atoms with van der Waals surface area (Å²) in [6.45, 7) is 1.94. The molecule has 21 heavy (non-hydrogen) atoms. The molecule has 0 aliphatic carbocycles. The Morgan fingerprint density at radius 3 is 2.19 bits per heavy atom. The minimum atomic E-state index is -0.635. The predicted molar refractivity (Wildman–Crippen MR) is 82.7 cm³/mol. The van der Waals surface area contributed by atoms with Crippen molar-refractivity contribution in [2.45, 2.75) is 25.4 Å². The summed E-state index contributed by atoms with van der Waals surface area (Å²) in [5.41, 5.74) is 2.38. The van der Waals surface area contributed by atoms with Crippen LogP contribution >= 0.6 is 0 Å². The number of esters is 1. The van der Waals surface area contributed by atoms with Gasteiger partial charge in [-0.1, -0.05) is 60.7 Å². The molecule has 0 radical (unpaired) electrons. The molecule has 2 heteroatoms. The zero-order valence-electron chi connectivity index (χ0n) is 12.1. The van der Waals surface area contributed by atoms with Crippen molar-refractivity contribution in [3.63, 3.8) is 0 Å². The topological polar surface area (TPSA) is 26.3 Å². The Balaban J connectivity index is 1.77. The van der Waals surface area contributed by atoms with Crippen LogP contribution in [-0.4, -0.2) is 5.97 Å². The predicted octanol–water partition coefficient (Wildman–Crippen LogP) is 4.02. The van der Waals surface area contributed by atoms with Crippen molar-refractivity contribution < 1.29 is 9.53 Å². The van der Waals surface area contributed by atoms with Gasteiger partial charge in [0.25, 0.3) is 0 Å². The molecule has 0 saturated heterocycles. The Morgan fingerprint density at radius 1 is 0.905 bits per heavy atom. The summed E-state index contributed by atoms with van der Waals surface area (Å²) in [5.74, 6) is -0.197. The second kappa shape index (κ2) is 5.57. The Hall–Kier alpha value is -2.35. The van der Waals surface area contributed by atoms with Crippen molar-refractivity contribution in [2.75, 3.05) is 0 Å². The van der Waals surface area contributed by atoms with E-state index in [0.717, 1.165) is 17.6 Å². The maximum atomic E-state index is 12.1. The van der Waals surface area contributed by atoms with E-state index in [1.54, 1.807) is 0 Å². The lowest BCUT2D eigenvalue weighted by Gasteiger charge is -2.21. The molecule has 0 unspecified atom stereocenters. The quantitative estimate of drug-likeness (QED) is 0.790. The van der Waals surface area contributed by atoms with Gasteiger partial charge in [0.1, 0.15) is 0 Å². The summed E-state index contributed by atoms with van der Waals surface area (Å²) < 4.78 is 5.60. The molecule has 2 nitrogen and oxygen atoms in total. The van der Waals surface area contributed by atoms with Crippen molar-refractivity contribution >= 4 is 5.97 Å². The summed E-state index contributed by atoms with van der Waals surface area (Å²) in [5, 5.41) is 0.